The van der Waals surface area contributed by atoms with Gasteiger partial charge in [-0.15, -0.1) is 0 Å². The smallest absolute Gasteiger partial charge is 0.116 e. The first-order chi connectivity index (χ1) is 17.7. The second kappa shape index (κ2) is 7.86. The first-order valence-electron chi connectivity index (χ1n) is 12.1. The molecular formula is C34H22O2. The van der Waals surface area contributed by atoms with Crippen molar-refractivity contribution >= 4 is 43.1 Å². The maximum absolute atomic E-state index is 10.2. The maximum atomic E-state index is 10.2. The molecule has 2 heteroatoms. The van der Waals surface area contributed by atoms with Crippen LogP contribution in [-0.2, 0) is 0 Å². The fourth-order valence-corrected chi connectivity index (χ4v) is 5.68. The Hall–Kier alpha value is -4.82. The Kier molecular flexibility index (Phi) is 4.49. The van der Waals surface area contributed by atoms with Gasteiger partial charge in [-0.1, -0.05) is 97.1 Å². The predicted octanol–water partition coefficient (Wildman–Crippen LogP) is 9.04. The van der Waals surface area contributed by atoms with E-state index in [0.29, 0.717) is 0 Å². The van der Waals surface area contributed by atoms with Crippen LogP contribution in [0.15, 0.2) is 121 Å². The molecule has 0 unspecified atom stereocenters. The van der Waals surface area contributed by atoms with E-state index in [1.807, 2.05) is 36.4 Å². The van der Waals surface area contributed by atoms with Crippen molar-refractivity contribution in [3.8, 4) is 33.8 Å². The molecule has 170 valence electrons. The summed E-state index contributed by atoms with van der Waals surface area (Å²) in [5, 5.41) is 29.3. The molecule has 7 aromatic rings. The molecule has 36 heavy (non-hydrogen) atoms. The highest BCUT2D eigenvalue weighted by Gasteiger charge is 2.20. The van der Waals surface area contributed by atoms with Gasteiger partial charge in [0.2, 0.25) is 0 Å². The third kappa shape index (κ3) is 3.05. The van der Waals surface area contributed by atoms with Gasteiger partial charge < -0.3 is 10.2 Å². The van der Waals surface area contributed by atoms with Crippen LogP contribution in [0.1, 0.15) is 0 Å². The lowest BCUT2D eigenvalue weighted by molar-refractivity contribution is 0.475. The molecule has 0 heterocycles. The maximum Gasteiger partial charge on any atom is 0.116 e. The molecule has 7 rings (SSSR count). The third-order valence-electron chi connectivity index (χ3n) is 7.20. The minimum atomic E-state index is 0.261. The number of hydrogen-bond donors (Lipinski definition) is 2. The molecule has 0 bridgehead atoms. The minimum Gasteiger partial charge on any atom is -0.508 e. The van der Waals surface area contributed by atoms with Gasteiger partial charge in [-0.05, 0) is 89.6 Å². The van der Waals surface area contributed by atoms with Crippen molar-refractivity contribution < 1.29 is 10.2 Å². The fraction of sp³-hybridized carbons (Fsp3) is 0. The monoisotopic (exact) mass is 462 g/mol. The van der Waals surface area contributed by atoms with Crippen molar-refractivity contribution in [2.24, 2.45) is 0 Å². The fourth-order valence-electron chi connectivity index (χ4n) is 5.68. The number of rotatable bonds is 2. The Morgan fingerprint density at radius 3 is 1.19 bits per heavy atom. The number of hydrogen-bond acceptors (Lipinski definition) is 2. The van der Waals surface area contributed by atoms with Gasteiger partial charge >= 0.3 is 0 Å². The molecule has 7 aromatic carbocycles. The molecule has 0 fully saturated rings. The molecular weight excluding hydrogens is 440 g/mol. The predicted molar refractivity (Wildman–Crippen MR) is 151 cm³/mol. The molecule has 0 aliphatic carbocycles. The third-order valence-corrected chi connectivity index (χ3v) is 7.20. The lowest BCUT2D eigenvalue weighted by Gasteiger charge is -2.21. The van der Waals surface area contributed by atoms with Crippen LogP contribution in [-0.4, -0.2) is 10.2 Å². The van der Waals surface area contributed by atoms with E-state index in [9.17, 15) is 10.2 Å². The summed E-state index contributed by atoms with van der Waals surface area (Å²) in [7, 11) is 0. The van der Waals surface area contributed by atoms with Gasteiger partial charge in [0.05, 0.1) is 0 Å². The summed E-state index contributed by atoms with van der Waals surface area (Å²) in [4.78, 5) is 0. The molecule has 0 radical (unpaired) electrons. The number of fused-ring (bicyclic) bond motifs is 5. The van der Waals surface area contributed by atoms with E-state index in [0.717, 1.165) is 32.7 Å². The Morgan fingerprint density at radius 1 is 0.333 bits per heavy atom. The van der Waals surface area contributed by atoms with Crippen LogP contribution in [0.25, 0.3) is 65.3 Å². The summed E-state index contributed by atoms with van der Waals surface area (Å²) in [5.74, 6) is 0.522. The van der Waals surface area contributed by atoms with Gasteiger partial charge in [0.15, 0.2) is 0 Å². The second-order valence-corrected chi connectivity index (χ2v) is 9.26. The standard InChI is InChI=1S/C34H22O2/c35-23-15-17-25-21(19-23)7-5-13-29(25)33-31-11-3-1-9-27(31)28-10-2-4-12-32(28)34(33)30-14-6-8-22-20-24(36)16-18-26(22)30/h1-20,35-36H. The van der Waals surface area contributed by atoms with E-state index < -0.39 is 0 Å². The Morgan fingerprint density at radius 2 is 0.750 bits per heavy atom. The summed E-state index contributed by atoms with van der Waals surface area (Å²) in [6.45, 7) is 0. The Labute approximate surface area is 208 Å². The first-order valence-corrected chi connectivity index (χ1v) is 12.1. The van der Waals surface area contributed by atoms with Gasteiger partial charge in [-0.3, -0.25) is 0 Å². The van der Waals surface area contributed by atoms with E-state index in [1.165, 1.54) is 32.7 Å². The molecule has 0 aromatic heterocycles. The van der Waals surface area contributed by atoms with E-state index in [1.54, 1.807) is 12.1 Å². The van der Waals surface area contributed by atoms with Crippen LogP contribution in [0.5, 0.6) is 11.5 Å². The molecule has 2 nitrogen and oxygen atoms in total. The van der Waals surface area contributed by atoms with E-state index in [4.69, 9.17) is 0 Å². The molecule has 2 N–H and O–H groups in total. The summed E-state index contributed by atoms with van der Waals surface area (Å²) in [6, 6.07) is 40.9. The molecule has 0 saturated heterocycles. The highest BCUT2D eigenvalue weighted by atomic mass is 16.3. The molecule has 0 atom stereocenters. The molecule has 0 aliphatic rings. The van der Waals surface area contributed by atoms with Crippen LogP contribution < -0.4 is 0 Å². The van der Waals surface area contributed by atoms with Crippen LogP contribution in [0.2, 0.25) is 0 Å². The average Bonchev–Trinajstić information content (AvgIpc) is 2.91. The highest BCUT2D eigenvalue weighted by Crippen LogP contribution is 2.48. The van der Waals surface area contributed by atoms with Crippen LogP contribution in [0.3, 0.4) is 0 Å². The van der Waals surface area contributed by atoms with Gasteiger partial charge in [0, 0.05) is 0 Å². The highest BCUT2D eigenvalue weighted by molar-refractivity contribution is 6.25. The van der Waals surface area contributed by atoms with Crippen LogP contribution in [0.4, 0.5) is 0 Å². The van der Waals surface area contributed by atoms with Crippen molar-refractivity contribution in [3.63, 3.8) is 0 Å². The second-order valence-electron chi connectivity index (χ2n) is 9.26. The number of phenolic OH excluding ortho intramolecular Hbond substituents is 2. The average molecular weight is 463 g/mol. The Bertz CT molecular complexity index is 1820. The van der Waals surface area contributed by atoms with Crippen molar-refractivity contribution in [2.45, 2.75) is 0 Å². The van der Waals surface area contributed by atoms with Gasteiger partial charge in [-0.2, -0.15) is 0 Å². The normalized spacial score (nSPS) is 11.6. The number of aromatic hydroxyl groups is 2. The van der Waals surface area contributed by atoms with Crippen molar-refractivity contribution in [1.29, 1.82) is 0 Å². The quantitative estimate of drug-likeness (QED) is 0.252. The summed E-state index contributed by atoms with van der Waals surface area (Å²) < 4.78 is 0. The van der Waals surface area contributed by atoms with E-state index in [2.05, 4.69) is 72.8 Å². The SMILES string of the molecule is Oc1ccc2c(-c3c(-c4cccc5cc(O)ccc45)c4ccccc4c4ccccc34)cccc2c1. The van der Waals surface area contributed by atoms with Crippen LogP contribution >= 0.6 is 0 Å². The van der Waals surface area contributed by atoms with Crippen molar-refractivity contribution in [2.75, 3.05) is 0 Å². The number of phenols is 2. The minimum absolute atomic E-state index is 0.261. The molecule has 0 amide bonds. The lowest BCUT2D eigenvalue weighted by Crippen LogP contribution is -1.93. The zero-order valence-electron chi connectivity index (χ0n) is 19.4. The first kappa shape index (κ1) is 20.5. The Balaban J connectivity index is 1.74. The van der Waals surface area contributed by atoms with E-state index in [-0.39, 0.29) is 11.5 Å². The zero-order chi connectivity index (χ0) is 24.2. The lowest BCUT2D eigenvalue weighted by atomic mass is 9.82. The van der Waals surface area contributed by atoms with Gasteiger partial charge in [-0.25, -0.2) is 0 Å². The molecule has 0 saturated carbocycles. The molecule has 0 spiro atoms. The summed E-state index contributed by atoms with van der Waals surface area (Å²) in [5.41, 5.74) is 4.59. The van der Waals surface area contributed by atoms with Crippen LogP contribution in [0, 0.1) is 0 Å². The van der Waals surface area contributed by atoms with Gasteiger partial charge in [0.1, 0.15) is 11.5 Å². The van der Waals surface area contributed by atoms with E-state index >= 15 is 0 Å². The largest absolute Gasteiger partial charge is 0.508 e. The van der Waals surface area contributed by atoms with Gasteiger partial charge in [0.25, 0.3) is 0 Å². The summed E-state index contributed by atoms with van der Waals surface area (Å²) in [6.07, 6.45) is 0. The van der Waals surface area contributed by atoms with Crippen molar-refractivity contribution in [1.82, 2.24) is 0 Å². The number of benzene rings is 7. The summed E-state index contributed by atoms with van der Waals surface area (Å²) >= 11 is 0. The topological polar surface area (TPSA) is 40.5 Å². The van der Waals surface area contributed by atoms with Crippen molar-refractivity contribution in [3.05, 3.63) is 121 Å². The zero-order valence-corrected chi connectivity index (χ0v) is 19.4. The molecule has 0 aliphatic heterocycles.